The van der Waals surface area contributed by atoms with E-state index in [0.29, 0.717) is 12.4 Å². The molecule has 0 saturated carbocycles. The number of esters is 1. The topological polar surface area (TPSA) is 61.5 Å². The molecule has 2 N–H and O–H groups in total. The van der Waals surface area contributed by atoms with Crippen LogP contribution in [-0.2, 0) is 9.53 Å². The third kappa shape index (κ3) is 5.19. The molecule has 0 aliphatic heterocycles. The zero-order valence-electron chi connectivity index (χ0n) is 11.0. The van der Waals surface area contributed by atoms with Crippen molar-refractivity contribution in [2.45, 2.75) is 32.7 Å². The van der Waals surface area contributed by atoms with Crippen LogP contribution in [0.1, 0.15) is 38.3 Å². The third-order valence-electron chi connectivity index (χ3n) is 2.50. The van der Waals surface area contributed by atoms with E-state index >= 15 is 0 Å². The molecule has 0 saturated heterocycles. The second-order valence-electron chi connectivity index (χ2n) is 4.22. The minimum Gasteiger partial charge on any atom is -0.482 e. The van der Waals surface area contributed by atoms with Gasteiger partial charge in [-0.15, -0.1) is 0 Å². The molecule has 0 aliphatic rings. The van der Waals surface area contributed by atoms with Gasteiger partial charge in [-0.25, -0.2) is 4.79 Å². The largest absolute Gasteiger partial charge is 0.482 e. The van der Waals surface area contributed by atoms with Gasteiger partial charge in [0, 0.05) is 6.04 Å². The molecule has 0 radical (unpaired) electrons. The summed E-state index contributed by atoms with van der Waals surface area (Å²) in [6.45, 7) is 4.34. The van der Waals surface area contributed by atoms with Crippen molar-refractivity contribution >= 4 is 5.97 Å². The summed E-state index contributed by atoms with van der Waals surface area (Å²) in [5.74, 6) is 0.298. The molecule has 0 heterocycles. The molecule has 1 aromatic carbocycles. The van der Waals surface area contributed by atoms with E-state index in [9.17, 15) is 4.79 Å². The van der Waals surface area contributed by atoms with Gasteiger partial charge in [-0.1, -0.05) is 25.5 Å². The van der Waals surface area contributed by atoms with E-state index in [1.54, 1.807) is 6.07 Å². The Kier molecular flexibility index (Phi) is 6.22. The zero-order chi connectivity index (χ0) is 13.4. The molecule has 0 aromatic heterocycles. The second kappa shape index (κ2) is 7.71. The van der Waals surface area contributed by atoms with Gasteiger partial charge in [-0.3, -0.25) is 0 Å². The minimum absolute atomic E-state index is 0.0509. The van der Waals surface area contributed by atoms with Gasteiger partial charge in [0.1, 0.15) is 5.75 Å². The first-order valence-corrected chi connectivity index (χ1v) is 6.27. The summed E-state index contributed by atoms with van der Waals surface area (Å²) in [6.07, 6.45) is 1.89. The van der Waals surface area contributed by atoms with Crippen LogP contribution in [0.25, 0.3) is 0 Å². The Bertz CT molecular complexity index is 377. The highest BCUT2D eigenvalue weighted by Crippen LogP contribution is 2.17. The minimum atomic E-state index is -0.338. The van der Waals surface area contributed by atoms with Gasteiger partial charge in [0.2, 0.25) is 0 Å². The highest BCUT2D eigenvalue weighted by molar-refractivity contribution is 5.71. The molecular weight excluding hydrogens is 230 g/mol. The van der Waals surface area contributed by atoms with E-state index in [1.165, 1.54) is 0 Å². The van der Waals surface area contributed by atoms with Crippen molar-refractivity contribution in [2.24, 2.45) is 5.73 Å². The van der Waals surface area contributed by atoms with E-state index < -0.39 is 0 Å². The Morgan fingerprint density at radius 1 is 1.44 bits per heavy atom. The van der Waals surface area contributed by atoms with Crippen LogP contribution < -0.4 is 10.5 Å². The van der Waals surface area contributed by atoms with E-state index in [4.69, 9.17) is 15.2 Å². The number of nitrogens with two attached hydrogens (primary N) is 1. The lowest BCUT2D eigenvalue weighted by Gasteiger charge is -2.09. The van der Waals surface area contributed by atoms with Crippen LogP contribution in [0.5, 0.6) is 5.75 Å². The maximum Gasteiger partial charge on any atom is 0.344 e. The lowest BCUT2D eigenvalue weighted by Crippen LogP contribution is -2.15. The van der Waals surface area contributed by atoms with Crippen molar-refractivity contribution in [1.82, 2.24) is 0 Å². The first-order valence-electron chi connectivity index (χ1n) is 6.27. The molecule has 0 unspecified atom stereocenters. The van der Waals surface area contributed by atoms with Crippen molar-refractivity contribution in [3.8, 4) is 5.75 Å². The summed E-state index contributed by atoms with van der Waals surface area (Å²) in [6, 6.07) is 7.37. The lowest BCUT2D eigenvalue weighted by atomic mass is 10.1. The molecule has 1 rings (SSSR count). The predicted octanol–water partition coefficient (Wildman–Crippen LogP) is 2.43. The van der Waals surface area contributed by atoms with Gasteiger partial charge in [0.15, 0.2) is 6.61 Å². The van der Waals surface area contributed by atoms with Gasteiger partial charge in [0.25, 0.3) is 0 Å². The lowest BCUT2D eigenvalue weighted by molar-refractivity contribution is -0.146. The second-order valence-corrected chi connectivity index (χ2v) is 4.22. The number of hydrogen-bond donors (Lipinski definition) is 1. The summed E-state index contributed by atoms with van der Waals surface area (Å²) in [5.41, 5.74) is 6.75. The van der Waals surface area contributed by atoms with Crippen LogP contribution in [0.2, 0.25) is 0 Å². The van der Waals surface area contributed by atoms with Crippen LogP contribution in [-0.4, -0.2) is 19.2 Å². The summed E-state index contributed by atoms with van der Waals surface area (Å²) in [5, 5.41) is 0. The Morgan fingerprint density at radius 2 is 2.22 bits per heavy atom. The number of carbonyl (C=O) groups is 1. The van der Waals surface area contributed by atoms with Crippen LogP contribution >= 0.6 is 0 Å². The SMILES string of the molecule is CCCCOC(=O)COc1cccc([C@H](C)N)c1. The van der Waals surface area contributed by atoms with Crippen molar-refractivity contribution in [1.29, 1.82) is 0 Å². The standard InChI is InChI=1S/C14H21NO3/c1-3-4-8-17-14(16)10-18-13-7-5-6-12(9-13)11(2)15/h5-7,9,11H,3-4,8,10,15H2,1-2H3/t11-/m0/s1. The van der Waals surface area contributed by atoms with Gasteiger partial charge in [-0.05, 0) is 31.0 Å². The van der Waals surface area contributed by atoms with Crippen LogP contribution in [0.4, 0.5) is 0 Å². The predicted molar refractivity (Wildman–Crippen MR) is 70.4 cm³/mol. The number of ether oxygens (including phenoxy) is 2. The number of carbonyl (C=O) groups excluding carboxylic acids is 1. The van der Waals surface area contributed by atoms with E-state index in [0.717, 1.165) is 18.4 Å². The fraction of sp³-hybridized carbons (Fsp3) is 0.500. The Balaban J connectivity index is 2.38. The molecule has 0 spiro atoms. The van der Waals surface area contributed by atoms with Crippen LogP contribution in [0.3, 0.4) is 0 Å². The number of rotatable bonds is 7. The Morgan fingerprint density at radius 3 is 2.89 bits per heavy atom. The molecule has 1 atom stereocenters. The number of benzene rings is 1. The fourth-order valence-corrected chi connectivity index (χ4v) is 1.40. The molecule has 1 aromatic rings. The van der Waals surface area contributed by atoms with E-state index in [2.05, 4.69) is 0 Å². The first-order chi connectivity index (χ1) is 8.63. The van der Waals surface area contributed by atoms with Crippen molar-refractivity contribution < 1.29 is 14.3 Å². The highest BCUT2D eigenvalue weighted by atomic mass is 16.6. The van der Waals surface area contributed by atoms with Gasteiger partial charge in [-0.2, -0.15) is 0 Å². The summed E-state index contributed by atoms with van der Waals surface area (Å²) in [4.78, 5) is 11.3. The molecule has 0 aliphatic carbocycles. The molecule has 18 heavy (non-hydrogen) atoms. The number of hydrogen-bond acceptors (Lipinski definition) is 4. The van der Waals surface area contributed by atoms with Gasteiger partial charge >= 0.3 is 5.97 Å². The molecular formula is C14H21NO3. The quantitative estimate of drug-likeness (QED) is 0.597. The average molecular weight is 251 g/mol. The molecule has 0 amide bonds. The van der Waals surface area contributed by atoms with Crippen LogP contribution in [0.15, 0.2) is 24.3 Å². The van der Waals surface area contributed by atoms with Crippen LogP contribution in [0, 0.1) is 0 Å². The number of unbranched alkanes of at least 4 members (excludes halogenated alkanes) is 1. The zero-order valence-corrected chi connectivity index (χ0v) is 11.0. The highest BCUT2D eigenvalue weighted by Gasteiger charge is 2.05. The molecule has 4 heteroatoms. The van der Waals surface area contributed by atoms with Gasteiger partial charge < -0.3 is 15.2 Å². The molecule has 0 bridgehead atoms. The van der Waals surface area contributed by atoms with Crippen molar-refractivity contribution in [3.63, 3.8) is 0 Å². The Labute approximate surface area is 108 Å². The smallest absolute Gasteiger partial charge is 0.344 e. The normalized spacial score (nSPS) is 11.9. The average Bonchev–Trinajstić information content (AvgIpc) is 2.37. The van der Waals surface area contributed by atoms with E-state index in [-0.39, 0.29) is 18.6 Å². The fourth-order valence-electron chi connectivity index (χ4n) is 1.40. The Hall–Kier alpha value is -1.55. The summed E-state index contributed by atoms with van der Waals surface area (Å²) >= 11 is 0. The molecule has 100 valence electrons. The van der Waals surface area contributed by atoms with Gasteiger partial charge in [0.05, 0.1) is 6.61 Å². The first kappa shape index (κ1) is 14.5. The third-order valence-corrected chi connectivity index (χ3v) is 2.50. The summed E-state index contributed by atoms with van der Waals surface area (Å²) < 4.78 is 10.4. The molecule has 4 nitrogen and oxygen atoms in total. The molecule has 0 fully saturated rings. The monoisotopic (exact) mass is 251 g/mol. The summed E-state index contributed by atoms with van der Waals surface area (Å²) in [7, 11) is 0. The van der Waals surface area contributed by atoms with Crippen molar-refractivity contribution in [3.05, 3.63) is 29.8 Å². The van der Waals surface area contributed by atoms with E-state index in [1.807, 2.05) is 32.0 Å². The maximum atomic E-state index is 11.3. The maximum absolute atomic E-state index is 11.3. The van der Waals surface area contributed by atoms with Crippen molar-refractivity contribution in [2.75, 3.05) is 13.2 Å².